The van der Waals surface area contributed by atoms with Crippen molar-refractivity contribution in [2.45, 2.75) is 88.8 Å². The molecule has 4 aliphatic rings. The van der Waals surface area contributed by atoms with Gasteiger partial charge in [0.15, 0.2) is 0 Å². The fourth-order valence-corrected chi connectivity index (χ4v) is 9.03. The van der Waals surface area contributed by atoms with Crippen LogP contribution >= 0.6 is 0 Å². The van der Waals surface area contributed by atoms with Gasteiger partial charge in [-0.25, -0.2) is 18.2 Å². The summed E-state index contributed by atoms with van der Waals surface area (Å²) in [7, 11) is -2.33. The topological polar surface area (TPSA) is 182 Å². The van der Waals surface area contributed by atoms with Crippen molar-refractivity contribution in [3.05, 3.63) is 72.8 Å². The third-order valence-corrected chi connectivity index (χ3v) is 13.1. The summed E-state index contributed by atoms with van der Waals surface area (Å²) in [6, 6.07) is 12.9. The monoisotopic (exact) mass is 813 g/mol. The van der Waals surface area contributed by atoms with Crippen molar-refractivity contribution in [3.63, 3.8) is 0 Å². The maximum absolute atomic E-state index is 14.7. The molecule has 3 fully saturated rings. The van der Waals surface area contributed by atoms with E-state index in [2.05, 4.69) is 21.9 Å². The van der Waals surface area contributed by atoms with Crippen LogP contribution in [0.2, 0.25) is 0 Å². The highest BCUT2D eigenvalue weighted by atomic mass is 32.2. The minimum Gasteiger partial charge on any atom is -0.496 e. The average molecular weight is 814 g/mol. The highest BCUT2D eigenvalue weighted by Crippen LogP contribution is 2.46. The molecule has 1 saturated heterocycles. The van der Waals surface area contributed by atoms with Gasteiger partial charge in [0, 0.05) is 41.0 Å². The SMILES string of the molecule is C=C[C@@H]1C[C@]1(NC(=O)[C@@H]1C[C@@H]2CN1C(=O)[C@H](C(C)(C)C)NC(=O)OCC(C)C/C=C/c1cc3c(cc(-c4ccccc4)nc3cc1OC)O2)C(=O)NS(=O)(=O)C1CC1. The quantitative estimate of drug-likeness (QED) is 0.258. The molecule has 2 aliphatic heterocycles. The lowest BCUT2D eigenvalue weighted by Gasteiger charge is -2.35. The number of aromatic nitrogens is 1. The van der Waals surface area contributed by atoms with Crippen LogP contribution in [0.1, 0.15) is 65.4 Å². The zero-order valence-corrected chi connectivity index (χ0v) is 34.3. The molecule has 0 radical (unpaired) electrons. The van der Waals surface area contributed by atoms with E-state index >= 15 is 0 Å². The Balaban J connectivity index is 1.30. The third kappa shape index (κ3) is 8.40. The standard InChI is InChI=1S/C43H51N5O9S/c1-7-28-22-43(28,40(51)47-58(53,54)30-16-17-30)46-38(49)34-19-29-23-48(34)39(50)37(42(3,4)5)45-41(52)56-24-25(2)12-11-15-27-18-31-33(21-35(27)55-6)44-32(20-36(31)57-29)26-13-9-8-10-14-26/h7-11,13-15,18,20-21,25,28-30,34,37H,1,12,16-17,19,22-24H2,2-6H3,(H,45,52)(H,46,49)(H,47,51)/b15-11+/t25?,28-,29-,34+,37-,43-/m1/s1. The van der Waals surface area contributed by atoms with Crippen molar-refractivity contribution in [3.8, 4) is 22.8 Å². The number of nitrogens with one attached hydrogen (secondary N) is 3. The van der Waals surface area contributed by atoms with Crippen molar-refractivity contribution < 1.29 is 41.8 Å². The van der Waals surface area contributed by atoms with Gasteiger partial charge < -0.3 is 29.7 Å². The molecule has 3 heterocycles. The molecule has 1 unspecified atom stereocenters. The number of allylic oxidation sites excluding steroid dienone is 1. The van der Waals surface area contributed by atoms with Crippen molar-refractivity contribution in [1.29, 1.82) is 0 Å². The molecular weight excluding hydrogens is 763 g/mol. The molecule has 14 nitrogen and oxygen atoms in total. The van der Waals surface area contributed by atoms with Gasteiger partial charge in [-0.15, -0.1) is 6.58 Å². The number of nitrogens with zero attached hydrogens (tertiary/aromatic N) is 2. The number of alkyl carbamates (subject to hydrolysis) is 1. The molecule has 2 saturated carbocycles. The van der Waals surface area contributed by atoms with Crippen LogP contribution < -0.4 is 24.8 Å². The Bertz CT molecular complexity index is 2270. The predicted octanol–water partition coefficient (Wildman–Crippen LogP) is 5.12. The number of benzene rings is 2. The molecule has 15 heteroatoms. The van der Waals surface area contributed by atoms with Gasteiger partial charge in [0.1, 0.15) is 35.2 Å². The van der Waals surface area contributed by atoms with Crippen LogP contribution in [0.25, 0.3) is 28.2 Å². The summed E-state index contributed by atoms with van der Waals surface area (Å²) in [5.74, 6) is -1.60. The number of carbonyl (C=O) groups is 4. The van der Waals surface area contributed by atoms with Gasteiger partial charge in [-0.05, 0) is 43.1 Å². The molecule has 1 aromatic heterocycles. The van der Waals surface area contributed by atoms with Crippen LogP contribution in [0.4, 0.5) is 4.79 Å². The molecule has 3 aromatic rings. The van der Waals surface area contributed by atoms with E-state index < -0.39 is 74.1 Å². The van der Waals surface area contributed by atoms with Crippen molar-refractivity contribution in [2.24, 2.45) is 17.3 Å². The number of sulfonamides is 1. The Morgan fingerprint density at radius 1 is 1.12 bits per heavy atom. The summed E-state index contributed by atoms with van der Waals surface area (Å²) in [6.45, 7) is 11.2. The van der Waals surface area contributed by atoms with Gasteiger partial charge in [0.25, 0.3) is 5.91 Å². The number of rotatable bonds is 8. The van der Waals surface area contributed by atoms with Gasteiger partial charge >= 0.3 is 6.09 Å². The first-order valence-corrected chi connectivity index (χ1v) is 21.2. The van der Waals surface area contributed by atoms with Gasteiger partial charge in [0.05, 0.1) is 36.7 Å². The highest BCUT2D eigenvalue weighted by molar-refractivity contribution is 7.91. The van der Waals surface area contributed by atoms with E-state index in [1.54, 1.807) is 27.9 Å². The summed E-state index contributed by atoms with van der Waals surface area (Å²) >= 11 is 0. The normalized spacial score (nSPS) is 27.0. The lowest BCUT2D eigenvalue weighted by atomic mass is 9.85. The fraction of sp³-hybridized carbons (Fsp3) is 0.465. The molecule has 308 valence electrons. The fourth-order valence-electron chi connectivity index (χ4n) is 7.66. The number of cyclic esters (lactones) is 1. The smallest absolute Gasteiger partial charge is 0.407 e. The predicted molar refractivity (Wildman–Crippen MR) is 218 cm³/mol. The van der Waals surface area contributed by atoms with Crippen LogP contribution in [0.3, 0.4) is 0 Å². The second-order valence-corrected chi connectivity index (χ2v) is 18.9. The summed E-state index contributed by atoms with van der Waals surface area (Å²) in [5, 5.41) is 5.62. The van der Waals surface area contributed by atoms with Gasteiger partial charge in [0.2, 0.25) is 21.8 Å². The van der Waals surface area contributed by atoms with E-state index in [1.807, 2.05) is 67.6 Å². The van der Waals surface area contributed by atoms with E-state index in [0.717, 1.165) is 11.1 Å². The van der Waals surface area contributed by atoms with E-state index in [-0.39, 0.29) is 31.9 Å². The van der Waals surface area contributed by atoms with Crippen molar-refractivity contribution in [1.82, 2.24) is 25.2 Å². The van der Waals surface area contributed by atoms with Gasteiger partial charge in [-0.3, -0.25) is 19.1 Å². The lowest BCUT2D eigenvalue weighted by molar-refractivity contribution is -0.142. The van der Waals surface area contributed by atoms with Crippen LogP contribution in [-0.4, -0.2) is 91.4 Å². The van der Waals surface area contributed by atoms with Crippen LogP contribution in [-0.2, 0) is 29.1 Å². The maximum atomic E-state index is 14.7. The van der Waals surface area contributed by atoms with Gasteiger partial charge in [-0.1, -0.05) is 76.3 Å². The van der Waals surface area contributed by atoms with Crippen LogP contribution in [0.5, 0.6) is 11.5 Å². The van der Waals surface area contributed by atoms with Crippen LogP contribution in [0.15, 0.2) is 67.3 Å². The Hall–Kier alpha value is -5.44. The zero-order chi connectivity index (χ0) is 41.6. The van der Waals surface area contributed by atoms with E-state index in [9.17, 15) is 27.6 Å². The van der Waals surface area contributed by atoms with E-state index in [1.165, 1.54) is 11.0 Å². The third-order valence-electron chi connectivity index (χ3n) is 11.3. The minimum absolute atomic E-state index is 0.0145. The molecule has 6 atom stereocenters. The number of ether oxygens (including phenoxy) is 3. The Kier molecular flexibility index (Phi) is 11.0. The van der Waals surface area contributed by atoms with E-state index in [0.29, 0.717) is 47.4 Å². The summed E-state index contributed by atoms with van der Waals surface area (Å²) in [4.78, 5) is 62.5. The van der Waals surface area contributed by atoms with Crippen molar-refractivity contribution in [2.75, 3.05) is 20.3 Å². The second kappa shape index (κ2) is 15.7. The lowest BCUT2D eigenvalue weighted by Crippen LogP contribution is -2.60. The Labute approximate surface area is 338 Å². The number of pyridine rings is 1. The molecule has 4 bridgehead atoms. The molecule has 7 rings (SSSR count). The number of carbonyl (C=O) groups excluding carboxylic acids is 4. The van der Waals surface area contributed by atoms with Gasteiger partial charge in [-0.2, -0.15) is 0 Å². The number of amides is 4. The van der Waals surface area contributed by atoms with Crippen LogP contribution in [0, 0.1) is 17.3 Å². The maximum Gasteiger partial charge on any atom is 0.407 e. The number of methoxy groups -OCH3 is 1. The molecule has 3 N–H and O–H groups in total. The first kappa shape index (κ1) is 40.7. The molecule has 2 aromatic carbocycles. The zero-order valence-electron chi connectivity index (χ0n) is 33.4. The molecule has 0 spiro atoms. The Morgan fingerprint density at radius 3 is 2.52 bits per heavy atom. The molecule has 4 amide bonds. The summed E-state index contributed by atoms with van der Waals surface area (Å²) in [5.41, 5.74) is 0.463. The number of fused-ring (bicyclic) bond motifs is 3. The van der Waals surface area contributed by atoms with Crippen molar-refractivity contribution >= 4 is 50.8 Å². The van der Waals surface area contributed by atoms with E-state index in [4.69, 9.17) is 19.2 Å². The summed E-state index contributed by atoms with van der Waals surface area (Å²) < 4.78 is 46.0. The summed E-state index contributed by atoms with van der Waals surface area (Å²) in [6.07, 6.45) is 5.55. The first-order valence-electron chi connectivity index (χ1n) is 19.7. The first-order chi connectivity index (χ1) is 27.5. The molecule has 2 aliphatic carbocycles. The highest BCUT2D eigenvalue weighted by Gasteiger charge is 2.62. The Morgan fingerprint density at radius 2 is 1.86 bits per heavy atom. The molecule has 58 heavy (non-hydrogen) atoms. The number of hydrogen-bond donors (Lipinski definition) is 3. The number of hydrogen-bond acceptors (Lipinski definition) is 10. The second-order valence-electron chi connectivity index (χ2n) is 16.9. The molecular formula is C43H51N5O9S. The average Bonchev–Trinajstić information content (AvgIpc) is 4.12. The minimum atomic E-state index is -3.92. The largest absolute Gasteiger partial charge is 0.496 e.